The van der Waals surface area contributed by atoms with Gasteiger partial charge in [0.1, 0.15) is 18.4 Å². The van der Waals surface area contributed by atoms with Gasteiger partial charge >= 0.3 is 0 Å². The molecule has 0 aromatic heterocycles. The molecule has 2 N–H and O–H groups in total. The second-order valence-corrected chi connectivity index (χ2v) is 7.20. The zero-order valence-corrected chi connectivity index (χ0v) is 16.8. The highest BCUT2D eigenvalue weighted by molar-refractivity contribution is 7.98. The molecule has 0 radical (unpaired) electrons. The second-order valence-electron chi connectivity index (χ2n) is 6.35. The fourth-order valence-corrected chi connectivity index (χ4v) is 3.25. The molecule has 1 amide bonds. The maximum absolute atomic E-state index is 12.5. The van der Waals surface area contributed by atoms with Gasteiger partial charge in [0.15, 0.2) is 0 Å². The van der Waals surface area contributed by atoms with Crippen molar-refractivity contribution in [2.75, 3.05) is 16.9 Å². The Bertz CT molecular complexity index is 898. The first-order chi connectivity index (χ1) is 13.7. The molecule has 1 atom stereocenters. The summed E-state index contributed by atoms with van der Waals surface area (Å²) in [5, 5.41) is 6.21. The van der Waals surface area contributed by atoms with Crippen molar-refractivity contribution in [2.24, 2.45) is 0 Å². The number of carbonyl (C=O) groups is 1. The average molecular weight is 393 g/mol. The number of nitrogens with one attached hydrogen (secondary N) is 2. The van der Waals surface area contributed by atoms with Crippen molar-refractivity contribution in [3.8, 4) is 5.75 Å². The summed E-state index contributed by atoms with van der Waals surface area (Å²) in [5.41, 5.74) is 2.83. The summed E-state index contributed by atoms with van der Waals surface area (Å²) in [6, 6.07) is 25.1. The predicted molar refractivity (Wildman–Crippen MR) is 117 cm³/mol. The van der Waals surface area contributed by atoms with Crippen LogP contribution in [0.5, 0.6) is 5.75 Å². The SMILES string of the molecule is CSc1ccccc1NC(=O)[C@H](C)Nc1ccc(OCc2ccccc2)cc1. The number of carbonyl (C=O) groups excluding carboxylic acids is 1. The number of benzene rings is 3. The first-order valence-corrected chi connectivity index (χ1v) is 10.4. The van der Waals surface area contributed by atoms with Gasteiger partial charge in [-0.25, -0.2) is 0 Å². The molecule has 0 spiro atoms. The van der Waals surface area contributed by atoms with E-state index in [1.807, 2.05) is 92.0 Å². The lowest BCUT2D eigenvalue weighted by atomic mass is 10.2. The Morgan fingerprint density at radius 3 is 2.36 bits per heavy atom. The van der Waals surface area contributed by atoms with Crippen molar-refractivity contribution in [1.82, 2.24) is 0 Å². The molecule has 3 aromatic carbocycles. The summed E-state index contributed by atoms with van der Waals surface area (Å²) >= 11 is 1.61. The van der Waals surface area contributed by atoms with Crippen LogP contribution in [0.3, 0.4) is 0 Å². The minimum absolute atomic E-state index is 0.0779. The van der Waals surface area contributed by atoms with Crippen LogP contribution in [0, 0.1) is 0 Å². The molecule has 0 unspecified atom stereocenters. The van der Waals surface area contributed by atoms with E-state index in [1.54, 1.807) is 11.8 Å². The number of amides is 1. The van der Waals surface area contributed by atoms with E-state index in [-0.39, 0.29) is 11.9 Å². The lowest BCUT2D eigenvalue weighted by Crippen LogP contribution is -2.32. The van der Waals surface area contributed by atoms with E-state index >= 15 is 0 Å². The van der Waals surface area contributed by atoms with E-state index in [0.29, 0.717) is 6.61 Å². The number of rotatable bonds is 8. The first kappa shape index (κ1) is 19.8. The summed E-state index contributed by atoms with van der Waals surface area (Å²) in [7, 11) is 0. The Labute approximate surface area is 170 Å². The highest BCUT2D eigenvalue weighted by atomic mass is 32.2. The van der Waals surface area contributed by atoms with Gasteiger partial charge in [-0.05, 0) is 55.1 Å². The predicted octanol–water partition coefficient (Wildman–Crippen LogP) is 5.43. The highest BCUT2D eigenvalue weighted by Crippen LogP contribution is 2.25. The van der Waals surface area contributed by atoms with E-state index < -0.39 is 0 Å². The Kier molecular flexibility index (Phi) is 6.98. The Morgan fingerprint density at radius 1 is 0.964 bits per heavy atom. The number of hydrogen-bond donors (Lipinski definition) is 2. The van der Waals surface area contributed by atoms with Gasteiger partial charge in [0, 0.05) is 10.6 Å². The third-order valence-corrected chi connectivity index (χ3v) is 5.04. The molecule has 3 aromatic rings. The molecule has 0 heterocycles. The van der Waals surface area contributed by atoms with Crippen LogP contribution in [0.4, 0.5) is 11.4 Å². The van der Waals surface area contributed by atoms with Crippen molar-refractivity contribution in [3.05, 3.63) is 84.4 Å². The van der Waals surface area contributed by atoms with E-state index in [2.05, 4.69) is 10.6 Å². The lowest BCUT2D eigenvalue weighted by Gasteiger charge is -2.17. The van der Waals surface area contributed by atoms with Crippen molar-refractivity contribution < 1.29 is 9.53 Å². The first-order valence-electron chi connectivity index (χ1n) is 9.13. The van der Waals surface area contributed by atoms with Gasteiger partial charge in [-0.2, -0.15) is 0 Å². The van der Waals surface area contributed by atoms with Crippen LogP contribution in [-0.4, -0.2) is 18.2 Å². The minimum atomic E-state index is -0.369. The monoisotopic (exact) mass is 392 g/mol. The third kappa shape index (κ3) is 5.54. The zero-order valence-electron chi connectivity index (χ0n) is 16.0. The standard InChI is InChI=1S/C23H24N2O2S/c1-17(23(26)25-21-10-6-7-11-22(21)28-2)24-19-12-14-20(15-13-19)27-16-18-8-4-3-5-9-18/h3-15,17,24H,16H2,1-2H3,(H,25,26)/t17-/m0/s1. The summed E-state index contributed by atoms with van der Waals surface area (Å²) in [6.45, 7) is 2.37. The molecule has 0 aliphatic rings. The largest absolute Gasteiger partial charge is 0.489 e. The molecule has 28 heavy (non-hydrogen) atoms. The molecule has 4 nitrogen and oxygen atoms in total. The Morgan fingerprint density at radius 2 is 1.64 bits per heavy atom. The van der Waals surface area contributed by atoms with Crippen LogP contribution < -0.4 is 15.4 Å². The maximum atomic E-state index is 12.5. The van der Waals surface area contributed by atoms with Gasteiger partial charge in [-0.15, -0.1) is 11.8 Å². The van der Waals surface area contributed by atoms with Crippen molar-refractivity contribution in [3.63, 3.8) is 0 Å². The van der Waals surface area contributed by atoms with Gasteiger partial charge in [0.05, 0.1) is 5.69 Å². The maximum Gasteiger partial charge on any atom is 0.246 e. The normalized spacial score (nSPS) is 11.5. The van der Waals surface area contributed by atoms with Gasteiger partial charge in [0.2, 0.25) is 5.91 Å². The van der Waals surface area contributed by atoms with Crippen molar-refractivity contribution in [1.29, 1.82) is 0 Å². The molecule has 0 aliphatic heterocycles. The van der Waals surface area contributed by atoms with Gasteiger partial charge in [0.25, 0.3) is 0 Å². The number of ether oxygens (including phenoxy) is 1. The average Bonchev–Trinajstić information content (AvgIpc) is 2.74. The van der Waals surface area contributed by atoms with Crippen LogP contribution in [0.1, 0.15) is 12.5 Å². The lowest BCUT2D eigenvalue weighted by molar-refractivity contribution is -0.116. The minimum Gasteiger partial charge on any atom is -0.489 e. The van der Waals surface area contributed by atoms with E-state index in [9.17, 15) is 4.79 Å². The molecule has 0 saturated heterocycles. The van der Waals surface area contributed by atoms with E-state index in [4.69, 9.17) is 4.74 Å². The van der Waals surface area contributed by atoms with Crippen molar-refractivity contribution in [2.45, 2.75) is 24.5 Å². The number of para-hydroxylation sites is 1. The molecule has 0 saturated carbocycles. The topological polar surface area (TPSA) is 50.4 Å². The molecule has 144 valence electrons. The van der Waals surface area contributed by atoms with E-state index in [0.717, 1.165) is 27.6 Å². The van der Waals surface area contributed by atoms with Crippen LogP contribution in [0.25, 0.3) is 0 Å². The van der Waals surface area contributed by atoms with Gasteiger partial charge in [-0.1, -0.05) is 42.5 Å². The van der Waals surface area contributed by atoms with E-state index in [1.165, 1.54) is 0 Å². The quantitative estimate of drug-likeness (QED) is 0.502. The Hall–Kier alpha value is -2.92. The van der Waals surface area contributed by atoms with Crippen LogP contribution in [0.15, 0.2) is 83.8 Å². The van der Waals surface area contributed by atoms with Crippen LogP contribution in [-0.2, 0) is 11.4 Å². The summed E-state index contributed by atoms with van der Waals surface area (Å²) in [4.78, 5) is 13.5. The fraction of sp³-hybridized carbons (Fsp3) is 0.174. The zero-order chi connectivity index (χ0) is 19.8. The Balaban J connectivity index is 1.53. The fourth-order valence-electron chi connectivity index (χ4n) is 2.69. The van der Waals surface area contributed by atoms with Gasteiger partial charge < -0.3 is 15.4 Å². The molecule has 0 aliphatic carbocycles. The smallest absolute Gasteiger partial charge is 0.246 e. The van der Waals surface area contributed by atoms with Crippen molar-refractivity contribution >= 4 is 29.0 Å². The molecular formula is C23H24N2O2S. The van der Waals surface area contributed by atoms with Crippen LogP contribution >= 0.6 is 11.8 Å². The number of anilines is 2. The van der Waals surface area contributed by atoms with Gasteiger partial charge in [-0.3, -0.25) is 4.79 Å². The third-order valence-electron chi connectivity index (χ3n) is 4.24. The molecule has 0 bridgehead atoms. The molecular weight excluding hydrogens is 368 g/mol. The number of thioether (sulfide) groups is 1. The second kappa shape index (κ2) is 9.85. The van der Waals surface area contributed by atoms with Crippen LogP contribution in [0.2, 0.25) is 0 Å². The molecule has 0 fully saturated rings. The summed E-state index contributed by atoms with van der Waals surface area (Å²) in [5.74, 6) is 0.714. The molecule has 5 heteroatoms. The summed E-state index contributed by atoms with van der Waals surface area (Å²) < 4.78 is 5.79. The number of hydrogen-bond acceptors (Lipinski definition) is 4. The summed E-state index contributed by atoms with van der Waals surface area (Å²) in [6.07, 6.45) is 1.99. The highest BCUT2D eigenvalue weighted by Gasteiger charge is 2.14. The molecule has 3 rings (SSSR count).